The predicted octanol–water partition coefficient (Wildman–Crippen LogP) is 8.00. The van der Waals surface area contributed by atoms with Gasteiger partial charge in [0.1, 0.15) is 17.2 Å². The van der Waals surface area contributed by atoms with Crippen LogP contribution in [0.1, 0.15) is 67.4 Å². The summed E-state index contributed by atoms with van der Waals surface area (Å²) in [4.78, 5) is 23.4. The second-order valence-electron chi connectivity index (χ2n) is 11.6. The van der Waals surface area contributed by atoms with E-state index < -0.39 is 0 Å². The number of rotatable bonds is 2. The molecule has 5 aromatic rings. The molecule has 1 aliphatic carbocycles. The molecule has 38 heavy (non-hydrogen) atoms. The first-order valence-corrected chi connectivity index (χ1v) is 13.5. The monoisotopic (exact) mass is 504 g/mol. The van der Waals surface area contributed by atoms with Gasteiger partial charge < -0.3 is 4.74 Å². The first-order valence-electron chi connectivity index (χ1n) is 13.5. The van der Waals surface area contributed by atoms with Crippen molar-refractivity contribution in [3.63, 3.8) is 0 Å². The topological polar surface area (TPSA) is 52.1 Å². The molecule has 0 bridgehead atoms. The van der Waals surface area contributed by atoms with Crippen LogP contribution in [0, 0.1) is 17.7 Å². The number of ketones is 1. The van der Waals surface area contributed by atoms with Crippen LogP contribution in [0.25, 0.3) is 32.8 Å². The molecule has 190 valence electrons. The largest absolute Gasteiger partial charge is 0.487 e. The number of benzene rings is 4. The standard InChI is InChI=1S/C33H29FN2O2/c1-18-8-14-25-24(16-18)28-30-29(22-6-4-5-7-23(22)32(28)38-33(25,2)3)36-27-17-20(11-15-26(27)35-30)31(37)19-9-12-21(34)13-10-19/h4-7,9-13,15,17-18,24-25H,8,14,16H2,1-3H3/t18-,24-,25-/m0/s1. The Morgan fingerprint density at radius 2 is 1.61 bits per heavy atom. The minimum atomic E-state index is -0.366. The van der Waals surface area contributed by atoms with Crippen molar-refractivity contribution in [2.75, 3.05) is 0 Å². The van der Waals surface area contributed by atoms with Crippen LogP contribution >= 0.6 is 0 Å². The number of aromatic nitrogens is 2. The summed E-state index contributed by atoms with van der Waals surface area (Å²) in [5.41, 5.74) is 5.05. The van der Waals surface area contributed by atoms with E-state index >= 15 is 0 Å². The number of hydrogen-bond donors (Lipinski definition) is 0. The van der Waals surface area contributed by atoms with Crippen molar-refractivity contribution in [3.8, 4) is 5.75 Å². The van der Waals surface area contributed by atoms with Crippen LogP contribution in [0.15, 0.2) is 66.7 Å². The van der Waals surface area contributed by atoms with Gasteiger partial charge in [0.2, 0.25) is 0 Å². The van der Waals surface area contributed by atoms with Crippen LogP contribution < -0.4 is 4.74 Å². The van der Waals surface area contributed by atoms with Crippen molar-refractivity contribution in [3.05, 3.63) is 89.2 Å². The highest BCUT2D eigenvalue weighted by atomic mass is 19.1. The molecule has 2 heterocycles. The molecule has 7 rings (SSSR count). The molecular weight excluding hydrogens is 475 g/mol. The van der Waals surface area contributed by atoms with Gasteiger partial charge in [-0.2, -0.15) is 0 Å². The van der Waals surface area contributed by atoms with Crippen LogP contribution in [-0.4, -0.2) is 21.4 Å². The minimum absolute atomic E-state index is 0.168. The second kappa shape index (κ2) is 8.32. The van der Waals surface area contributed by atoms with E-state index in [4.69, 9.17) is 14.7 Å². The Bertz CT molecular complexity index is 1760. The highest BCUT2D eigenvalue weighted by Crippen LogP contribution is 2.56. The Hall–Kier alpha value is -3.86. The molecule has 4 aromatic carbocycles. The third kappa shape index (κ3) is 3.52. The molecule has 1 aliphatic heterocycles. The van der Waals surface area contributed by atoms with E-state index in [9.17, 15) is 9.18 Å². The normalized spacial score (nSPS) is 22.2. The number of carbonyl (C=O) groups is 1. The zero-order chi connectivity index (χ0) is 26.2. The third-order valence-corrected chi connectivity index (χ3v) is 8.70. The van der Waals surface area contributed by atoms with E-state index in [1.807, 2.05) is 18.2 Å². The fourth-order valence-corrected chi connectivity index (χ4v) is 6.80. The zero-order valence-electron chi connectivity index (χ0n) is 21.8. The van der Waals surface area contributed by atoms with E-state index in [0.29, 0.717) is 34.4 Å². The molecule has 0 N–H and O–H groups in total. The van der Waals surface area contributed by atoms with Crippen LogP contribution in [0.4, 0.5) is 4.39 Å². The van der Waals surface area contributed by atoms with E-state index in [2.05, 4.69) is 32.9 Å². The lowest BCUT2D eigenvalue weighted by Crippen LogP contribution is -2.46. The molecular formula is C33H29FN2O2. The third-order valence-electron chi connectivity index (χ3n) is 8.70. The summed E-state index contributed by atoms with van der Waals surface area (Å²) >= 11 is 0. The van der Waals surface area contributed by atoms with E-state index in [-0.39, 0.29) is 17.2 Å². The molecule has 1 aromatic heterocycles. The van der Waals surface area contributed by atoms with E-state index in [0.717, 1.165) is 45.9 Å². The summed E-state index contributed by atoms with van der Waals surface area (Å²) in [5, 5.41) is 2.07. The van der Waals surface area contributed by atoms with Crippen LogP contribution in [0.5, 0.6) is 5.75 Å². The highest BCUT2D eigenvalue weighted by molar-refractivity contribution is 6.13. The summed E-state index contributed by atoms with van der Waals surface area (Å²) in [6, 6.07) is 19.4. The van der Waals surface area contributed by atoms with Gasteiger partial charge in [0.25, 0.3) is 0 Å². The van der Waals surface area contributed by atoms with Crippen LogP contribution in [-0.2, 0) is 0 Å². The SMILES string of the molecule is C[C@H]1CC[C@H]2[C@H](C1)c1c(c3ccccc3c3nc4cc(C(=O)c5ccc(F)cc5)ccc4nc13)OC2(C)C. The maximum Gasteiger partial charge on any atom is 0.193 e. The molecule has 3 atom stereocenters. The van der Waals surface area contributed by atoms with Gasteiger partial charge in [0, 0.05) is 33.4 Å². The molecule has 0 unspecified atom stereocenters. The number of hydrogen-bond acceptors (Lipinski definition) is 4. The summed E-state index contributed by atoms with van der Waals surface area (Å²) in [5.74, 6) is 1.84. The second-order valence-corrected chi connectivity index (χ2v) is 11.6. The van der Waals surface area contributed by atoms with Gasteiger partial charge in [-0.1, -0.05) is 37.6 Å². The Labute approximate surface area is 220 Å². The average Bonchev–Trinajstić information content (AvgIpc) is 2.91. The summed E-state index contributed by atoms with van der Waals surface area (Å²) in [6.45, 7) is 6.81. The number of ether oxygens (including phenoxy) is 1. The van der Waals surface area contributed by atoms with Crippen molar-refractivity contribution >= 4 is 38.6 Å². The van der Waals surface area contributed by atoms with Crippen LogP contribution in [0.3, 0.4) is 0 Å². The molecule has 4 nitrogen and oxygen atoms in total. The highest BCUT2D eigenvalue weighted by Gasteiger charge is 2.47. The van der Waals surface area contributed by atoms with Gasteiger partial charge in [0.05, 0.1) is 22.1 Å². The molecule has 5 heteroatoms. The predicted molar refractivity (Wildman–Crippen MR) is 148 cm³/mol. The Balaban J connectivity index is 1.47. The number of carbonyl (C=O) groups excluding carboxylic acids is 1. The smallest absolute Gasteiger partial charge is 0.193 e. The number of nitrogens with zero attached hydrogens (tertiary/aromatic N) is 2. The Kier molecular flexibility index (Phi) is 5.10. The van der Waals surface area contributed by atoms with Crippen molar-refractivity contribution in [2.24, 2.45) is 11.8 Å². The van der Waals surface area contributed by atoms with Gasteiger partial charge in [-0.05, 0) is 81.0 Å². The van der Waals surface area contributed by atoms with E-state index in [1.165, 1.54) is 36.2 Å². The average molecular weight is 505 g/mol. The first-order chi connectivity index (χ1) is 18.3. The first kappa shape index (κ1) is 23.3. The van der Waals surface area contributed by atoms with Gasteiger partial charge in [-0.25, -0.2) is 14.4 Å². The maximum absolute atomic E-state index is 13.4. The molecule has 0 radical (unpaired) electrons. The lowest BCUT2D eigenvalue weighted by Gasteiger charge is -2.49. The molecule has 1 saturated carbocycles. The van der Waals surface area contributed by atoms with Crippen LogP contribution in [0.2, 0.25) is 0 Å². The van der Waals surface area contributed by atoms with Gasteiger partial charge in [-0.3, -0.25) is 4.79 Å². The van der Waals surface area contributed by atoms with Gasteiger partial charge in [-0.15, -0.1) is 0 Å². The fourth-order valence-electron chi connectivity index (χ4n) is 6.80. The summed E-state index contributed by atoms with van der Waals surface area (Å²) < 4.78 is 20.2. The summed E-state index contributed by atoms with van der Waals surface area (Å²) in [7, 11) is 0. The lowest BCUT2D eigenvalue weighted by atomic mass is 9.64. The lowest BCUT2D eigenvalue weighted by molar-refractivity contribution is -0.0115. The number of fused-ring (bicyclic) bond motifs is 9. The maximum atomic E-state index is 13.4. The Morgan fingerprint density at radius 1 is 0.895 bits per heavy atom. The van der Waals surface area contributed by atoms with Crippen molar-refractivity contribution < 1.29 is 13.9 Å². The molecule has 0 saturated heterocycles. The summed E-state index contributed by atoms with van der Waals surface area (Å²) in [6.07, 6.45) is 3.47. The fraction of sp³-hybridized carbons (Fsp3) is 0.303. The van der Waals surface area contributed by atoms with Gasteiger partial charge >= 0.3 is 0 Å². The molecule has 1 fully saturated rings. The van der Waals surface area contributed by atoms with E-state index in [1.54, 1.807) is 12.1 Å². The van der Waals surface area contributed by atoms with Crippen molar-refractivity contribution in [1.82, 2.24) is 9.97 Å². The van der Waals surface area contributed by atoms with Crippen molar-refractivity contribution in [1.29, 1.82) is 0 Å². The molecule has 0 spiro atoms. The molecule has 2 aliphatic rings. The Morgan fingerprint density at radius 3 is 2.39 bits per heavy atom. The minimum Gasteiger partial charge on any atom is -0.487 e. The van der Waals surface area contributed by atoms with Gasteiger partial charge in [0.15, 0.2) is 5.78 Å². The number of halogens is 1. The quantitative estimate of drug-likeness (QED) is 0.139. The zero-order valence-corrected chi connectivity index (χ0v) is 21.8. The molecule has 0 amide bonds. The van der Waals surface area contributed by atoms with Crippen molar-refractivity contribution in [2.45, 2.75) is 51.6 Å².